The Kier molecular flexibility index (Phi) is 6.06. The lowest BCUT2D eigenvalue weighted by atomic mass is 10.3. The van der Waals surface area contributed by atoms with Gasteiger partial charge in [0.25, 0.3) is 0 Å². The van der Waals surface area contributed by atoms with Gasteiger partial charge in [-0.15, -0.1) is 5.10 Å². The lowest BCUT2D eigenvalue weighted by Gasteiger charge is -2.20. The maximum Gasteiger partial charge on any atom is 0.233 e. The molecule has 0 bridgehead atoms. The molecule has 0 radical (unpaired) electrons. The zero-order valence-corrected chi connectivity index (χ0v) is 12.1. The van der Waals surface area contributed by atoms with Crippen molar-refractivity contribution in [1.82, 2.24) is 30.4 Å². The number of nitrogens with zero attached hydrogens (tertiary/aromatic N) is 5. The Morgan fingerprint density at radius 3 is 2.89 bits per heavy atom. The average molecular weight is 272 g/mol. The highest BCUT2D eigenvalue weighted by Gasteiger charge is 2.14. The van der Waals surface area contributed by atoms with Gasteiger partial charge >= 0.3 is 0 Å². The summed E-state index contributed by atoms with van der Waals surface area (Å²) in [5, 5.41) is 15.1. The van der Waals surface area contributed by atoms with E-state index >= 15 is 0 Å². The van der Waals surface area contributed by atoms with Crippen LogP contribution in [0, 0.1) is 0 Å². The molecule has 1 aromatic heterocycles. The van der Waals surface area contributed by atoms with Crippen molar-refractivity contribution in [3.8, 4) is 0 Å². The molecular formula is C10H20N6OS. The average Bonchev–Trinajstić information content (AvgIpc) is 2.79. The molecule has 0 aliphatic carbocycles. The molecule has 1 N–H and O–H groups in total. The van der Waals surface area contributed by atoms with E-state index in [1.165, 1.54) is 11.8 Å². The van der Waals surface area contributed by atoms with Crippen molar-refractivity contribution >= 4 is 17.7 Å². The number of tetrazole rings is 1. The molecule has 1 heterocycles. The third kappa shape index (κ3) is 4.26. The first-order chi connectivity index (χ1) is 8.56. The molecule has 1 amide bonds. The van der Waals surface area contributed by atoms with Crippen LogP contribution < -0.4 is 5.32 Å². The van der Waals surface area contributed by atoms with Gasteiger partial charge in [-0.1, -0.05) is 11.8 Å². The van der Waals surface area contributed by atoms with E-state index in [0.717, 1.165) is 6.54 Å². The van der Waals surface area contributed by atoms with Crippen LogP contribution in [-0.4, -0.2) is 63.4 Å². The third-order valence-corrected chi connectivity index (χ3v) is 3.51. The normalized spacial score (nSPS) is 10.9. The summed E-state index contributed by atoms with van der Waals surface area (Å²) in [5.41, 5.74) is 0. The fourth-order valence-electron chi connectivity index (χ4n) is 1.17. The predicted octanol–water partition coefficient (Wildman–Crippen LogP) is -0.149. The van der Waals surface area contributed by atoms with Crippen LogP contribution in [0.4, 0.5) is 0 Å². The summed E-state index contributed by atoms with van der Waals surface area (Å²) in [6.07, 6.45) is 0. The van der Waals surface area contributed by atoms with E-state index in [0.29, 0.717) is 17.5 Å². The molecule has 0 fully saturated rings. The summed E-state index contributed by atoms with van der Waals surface area (Å²) in [7, 11) is 3.68. The predicted molar refractivity (Wildman–Crippen MR) is 70.4 cm³/mol. The Hall–Kier alpha value is -1.15. The molecule has 0 atom stereocenters. The lowest BCUT2D eigenvalue weighted by Crippen LogP contribution is -2.34. The van der Waals surface area contributed by atoms with Crippen LogP contribution in [-0.2, 0) is 11.3 Å². The number of carbonyl (C=O) groups is 1. The van der Waals surface area contributed by atoms with Gasteiger partial charge in [0.2, 0.25) is 11.1 Å². The van der Waals surface area contributed by atoms with Crippen LogP contribution in [0.1, 0.15) is 13.8 Å². The Labute approximate surface area is 111 Å². The highest BCUT2D eigenvalue weighted by molar-refractivity contribution is 7.99. The molecule has 0 aliphatic heterocycles. The molecule has 0 aromatic carbocycles. The lowest BCUT2D eigenvalue weighted by molar-refractivity contribution is -0.128. The summed E-state index contributed by atoms with van der Waals surface area (Å²) >= 11 is 1.37. The molecular weight excluding hydrogens is 252 g/mol. The molecule has 18 heavy (non-hydrogen) atoms. The van der Waals surface area contributed by atoms with Gasteiger partial charge in [0.15, 0.2) is 0 Å². The Balaban J connectivity index is 2.48. The second-order valence-corrected chi connectivity index (χ2v) is 5.12. The minimum Gasteiger partial charge on any atom is -0.343 e. The number of nitrogens with one attached hydrogen (secondary N) is 1. The van der Waals surface area contributed by atoms with Gasteiger partial charge in [0.1, 0.15) is 0 Å². The van der Waals surface area contributed by atoms with Crippen LogP contribution in [0.2, 0.25) is 0 Å². The van der Waals surface area contributed by atoms with Crippen molar-refractivity contribution in [3.05, 3.63) is 0 Å². The van der Waals surface area contributed by atoms with E-state index in [1.54, 1.807) is 16.6 Å². The van der Waals surface area contributed by atoms with Gasteiger partial charge in [-0.25, -0.2) is 4.68 Å². The summed E-state index contributed by atoms with van der Waals surface area (Å²) in [4.78, 5) is 13.5. The molecule has 7 nitrogen and oxygen atoms in total. The fraction of sp³-hybridized carbons (Fsp3) is 0.800. The number of hydrogen-bond acceptors (Lipinski definition) is 6. The maximum atomic E-state index is 11.8. The number of aromatic nitrogens is 4. The fourth-order valence-corrected chi connectivity index (χ4v) is 2.00. The van der Waals surface area contributed by atoms with Crippen LogP contribution >= 0.6 is 11.8 Å². The van der Waals surface area contributed by atoms with Gasteiger partial charge in [-0.3, -0.25) is 4.79 Å². The third-order valence-electron chi connectivity index (χ3n) is 2.57. The number of likely N-dealkylation sites (N-methyl/N-ethyl adjacent to an activating group) is 1. The SMILES string of the molecule is CNCCn1nnnc1SCC(=O)N(C)C(C)C. The van der Waals surface area contributed by atoms with Crippen molar-refractivity contribution in [1.29, 1.82) is 0 Å². The summed E-state index contributed by atoms with van der Waals surface area (Å²) in [6.45, 7) is 5.46. The smallest absolute Gasteiger partial charge is 0.233 e. The molecule has 102 valence electrons. The highest BCUT2D eigenvalue weighted by atomic mass is 32.2. The summed E-state index contributed by atoms with van der Waals surface area (Å²) < 4.78 is 1.70. The van der Waals surface area contributed by atoms with E-state index in [4.69, 9.17) is 0 Å². The van der Waals surface area contributed by atoms with Crippen LogP contribution in [0.25, 0.3) is 0 Å². The molecule has 1 aromatic rings. The summed E-state index contributed by atoms with van der Waals surface area (Å²) in [6, 6.07) is 0.207. The van der Waals surface area contributed by atoms with E-state index < -0.39 is 0 Å². The Morgan fingerprint density at radius 1 is 1.56 bits per heavy atom. The van der Waals surface area contributed by atoms with Crippen LogP contribution in [0.15, 0.2) is 5.16 Å². The zero-order chi connectivity index (χ0) is 13.5. The minimum atomic E-state index is 0.0816. The number of amides is 1. The minimum absolute atomic E-state index is 0.0816. The maximum absolute atomic E-state index is 11.8. The van der Waals surface area contributed by atoms with Crippen LogP contribution in [0.3, 0.4) is 0 Å². The largest absolute Gasteiger partial charge is 0.343 e. The molecule has 8 heteroatoms. The van der Waals surface area contributed by atoms with E-state index in [1.807, 2.05) is 20.9 Å². The number of thioether (sulfide) groups is 1. The monoisotopic (exact) mass is 272 g/mol. The van der Waals surface area contributed by atoms with Gasteiger partial charge in [0.05, 0.1) is 12.3 Å². The first-order valence-electron chi connectivity index (χ1n) is 5.85. The second-order valence-electron chi connectivity index (χ2n) is 4.18. The van der Waals surface area contributed by atoms with Crippen molar-refractivity contribution < 1.29 is 4.79 Å². The van der Waals surface area contributed by atoms with Gasteiger partial charge in [0, 0.05) is 19.6 Å². The second kappa shape index (κ2) is 7.32. The summed E-state index contributed by atoms with van der Waals surface area (Å²) in [5.74, 6) is 0.437. The molecule has 0 unspecified atom stereocenters. The molecule has 0 saturated heterocycles. The number of rotatable bonds is 7. The molecule has 0 spiro atoms. The molecule has 1 rings (SSSR count). The van der Waals surface area contributed by atoms with Crippen LogP contribution in [0.5, 0.6) is 0 Å². The van der Waals surface area contributed by atoms with Crippen molar-refractivity contribution in [2.24, 2.45) is 0 Å². The first-order valence-corrected chi connectivity index (χ1v) is 6.84. The number of carbonyl (C=O) groups excluding carboxylic acids is 1. The zero-order valence-electron chi connectivity index (χ0n) is 11.3. The molecule has 0 saturated carbocycles. The molecule has 0 aliphatic rings. The van der Waals surface area contributed by atoms with Crippen molar-refractivity contribution in [2.45, 2.75) is 31.6 Å². The van der Waals surface area contributed by atoms with Gasteiger partial charge in [-0.05, 0) is 31.3 Å². The van der Waals surface area contributed by atoms with E-state index in [-0.39, 0.29) is 11.9 Å². The number of hydrogen-bond donors (Lipinski definition) is 1. The van der Waals surface area contributed by atoms with E-state index in [2.05, 4.69) is 20.8 Å². The Morgan fingerprint density at radius 2 is 2.28 bits per heavy atom. The van der Waals surface area contributed by atoms with E-state index in [9.17, 15) is 4.79 Å². The quantitative estimate of drug-likeness (QED) is 0.696. The Bertz CT molecular complexity index is 380. The van der Waals surface area contributed by atoms with Crippen molar-refractivity contribution in [2.75, 3.05) is 26.4 Å². The van der Waals surface area contributed by atoms with Crippen molar-refractivity contribution in [3.63, 3.8) is 0 Å². The standard InChI is InChI=1S/C10H20N6OS/c1-8(2)15(4)9(17)7-18-10-12-13-14-16(10)6-5-11-3/h8,11H,5-7H2,1-4H3. The first kappa shape index (κ1) is 14.9. The highest BCUT2D eigenvalue weighted by Crippen LogP contribution is 2.14. The van der Waals surface area contributed by atoms with Gasteiger partial charge in [-0.2, -0.15) is 0 Å². The topological polar surface area (TPSA) is 75.9 Å². The van der Waals surface area contributed by atoms with Gasteiger partial charge < -0.3 is 10.2 Å².